The van der Waals surface area contributed by atoms with Crippen molar-refractivity contribution in [1.82, 2.24) is 9.78 Å². The Morgan fingerprint density at radius 3 is 2.62 bits per heavy atom. The van der Waals surface area contributed by atoms with Gasteiger partial charge in [-0.3, -0.25) is 19.6 Å². The molecule has 0 fully saturated rings. The summed E-state index contributed by atoms with van der Waals surface area (Å²) in [7, 11) is 0. The number of nitrogens with zero attached hydrogens (tertiary/aromatic N) is 3. The summed E-state index contributed by atoms with van der Waals surface area (Å²) >= 11 is 5.88. The maximum Gasteiger partial charge on any atom is 0.269 e. The fourth-order valence-electron chi connectivity index (χ4n) is 1.71. The minimum absolute atomic E-state index is 0.0188. The van der Waals surface area contributed by atoms with Crippen molar-refractivity contribution in [2.24, 2.45) is 0 Å². The van der Waals surface area contributed by atoms with Crippen molar-refractivity contribution in [1.29, 1.82) is 0 Å². The molecule has 1 aromatic heterocycles. The summed E-state index contributed by atoms with van der Waals surface area (Å²) < 4.78 is 1.60. The third-order valence-electron chi connectivity index (χ3n) is 2.82. The van der Waals surface area contributed by atoms with E-state index in [4.69, 9.17) is 11.6 Å². The van der Waals surface area contributed by atoms with E-state index in [0.29, 0.717) is 22.9 Å². The van der Waals surface area contributed by atoms with E-state index < -0.39 is 4.92 Å². The lowest BCUT2D eigenvalue weighted by Crippen LogP contribution is -2.14. The average molecular weight is 309 g/mol. The van der Waals surface area contributed by atoms with E-state index in [1.165, 1.54) is 24.3 Å². The van der Waals surface area contributed by atoms with Crippen molar-refractivity contribution in [3.8, 4) is 0 Å². The lowest BCUT2D eigenvalue weighted by molar-refractivity contribution is -0.384. The third-order valence-corrected chi connectivity index (χ3v) is 3.19. The number of non-ortho nitro benzene ring substituents is 1. The number of amides is 1. The second-order valence-corrected chi connectivity index (χ2v) is 4.83. The van der Waals surface area contributed by atoms with Crippen molar-refractivity contribution in [2.45, 2.75) is 19.9 Å². The van der Waals surface area contributed by atoms with E-state index in [-0.39, 0.29) is 18.0 Å². The van der Waals surface area contributed by atoms with E-state index in [2.05, 4.69) is 10.4 Å². The molecule has 21 heavy (non-hydrogen) atoms. The molecule has 0 saturated heterocycles. The standard InChI is InChI=1S/C13H13ClN4O3/c1-9-12(14)8-17(16-9)7-6-13(19)15-10-2-4-11(5-3-10)18(20)21/h2-5,8H,6-7H2,1H3,(H,15,19). The smallest absolute Gasteiger partial charge is 0.269 e. The third kappa shape index (κ3) is 4.03. The summed E-state index contributed by atoms with van der Waals surface area (Å²) in [5.41, 5.74) is 1.21. The molecule has 1 heterocycles. The SMILES string of the molecule is Cc1nn(CCC(=O)Nc2ccc([N+](=O)[O-])cc2)cc1Cl. The summed E-state index contributed by atoms with van der Waals surface area (Å²) in [6, 6.07) is 5.66. The topological polar surface area (TPSA) is 90.1 Å². The van der Waals surface area contributed by atoms with Gasteiger partial charge in [0.25, 0.3) is 5.69 Å². The van der Waals surface area contributed by atoms with Crippen LogP contribution in [0.1, 0.15) is 12.1 Å². The molecule has 110 valence electrons. The van der Waals surface area contributed by atoms with Gasteiger partial charge in [0.1, 0.15) is 0 Å². The molecule has 2 aromatic rings. The summed E-state index contributed by atoms with van der Waals surface area (Å²) in [4.78, 5) is 21.8. The molecule has 0 radical (unpaired) electrons. The molecule has 0 unspecified atom stereocenters. The first-order valence-corrected chi connectivity index (χ1v) is 6.57. The highest BCUT2D eigenvalue weighted by Gasteiger charge is 2.08. The Hall–Kier alpha value is -2.41. The first kappa shape index (κ1) is 15.0. The quantitative estimate of drug-likeness (QED) is 0.679. The number of hydrogen-bond donors (Lipinski definition) is 1. The first-order chi connectivity index (χ1) is 9.95. The number of hydrogen-bond acceptors (Lipinski definition) is 4. The van der Waals surface area contributed by atoms with Crippen molar-refractivity contribution in [3.63, 3.8) is 0 Å². The fourth-order valence-corrected chi connectivity index (χ4v) is 1.86. The highest BCUT2D eigenvalue weighted by atomic mass is 35.5. The summed E-state index contributed by atoms with van der Waals surface area (Å²) in [6.45, 7) is 2.20. The zero-order chi connectivity index (χ0) is 15.4. The monoisotopic (exact) mass is 308 g/mol. The lowest BCUT2D eigenvalue weighted by Gasteiger charge is -2.05. The van der Waals surface area contributed by atoms with Crippen LogP contribution in [-0.2, 0) is 11.3 Å². The van der Waals surface area contributed by atoms with Crippen molar-refractivity contribution >= 4 is 28.9 Å². The Balaban J connectivity index is 1.88. The highest BCUT2D eigenvalue weighted by molar-refractivity contribution is 6.31. The Labute approximate surface area is 125 Å². The molecule has 0 spiro atoms. The van der Waals surface area contributed by atoms with E-state index in [1.807, 2.05) is 0 Å². The van der Waals surface area contributed by atoms with Crippen LogP contribution in [0.4, 0.5) is 11.4 Å². The Kier molecular flexibility index (Phi) is 4.54. The normalized spacial score (nSPS) is 10.4. The Morgan fingerprint density at radius 1 is 1.43 bits per heavy atom. The molecule has 7 nitrogen and oxygen atoms in total. The zero-order valence-electron chi connectivity index (χ0n) is 11.2. The van der Waals surface area contributed by atoms with Gasteiger partial charge in [0.15, 0.2) is 0 Å². The number of halogens is 1. The molecule has 0 aliphatic heterocycles. The summed E-state index contributed by atoms with van der Waals surface area (Å²) in [5.74, 6) is -0.201. The molecular weight excluding hydrogens is 296 g/mol. The molecule has 0 aliphatic carbocycles. The lowest BCUT2D eigenvalue weighted by atomic mass is 10.2. The number of aromatic nitrogens is 2. The minimum Gasteiger partial charge on any atom is -0.326 e. The summed E-state index contributed by atoms with van der Waals surface area (Å²) in [6.07, 6.45) is 1.89. The molecule has 1 aromatic carbocycles. The number of rotatable bonds is 5. The van der Waals surface area contributed by atoms with Crippen LogP contribution >= 0.6 is 11.6 Å². The number of anilines is 1. The van der Waals surface area contributed by atoms with Crippen LogP contribution in [0.15, 0.2) is 30.5 Å². The number of carbonyl (C=O) groups is 1. The molecule has 0 atom stereocenters. The van der Waals surface area contributed by atoms with E-state index in [1.54, 1.807) is 17.8 Å². The van der Waals surface area contributed by atoms with Gasteiger partial charge >= 0.3 is 0 Å². The molecule has 1 amide bonds. The van der Waals surface area contributed by atoms with Gasteiger partial charge in [0.2, 0.25) is 5.91 Å². The average Bonchev–Trinajstić information content (AvgIpc) is 2.76. The highest BCUT2D eigenvalue weighted by Crippen LogP contribution is 2.16. The van der Waals surface area contributed by atoms with Crippen LogP contribution in [0.3, 0.4) is 0 Å². The molecule has 8 heteroatoms. The maximum absolute atomic E-state index is 11.8. The minimum atomic E-state index is -0.491. The van der Waals surface area contributed by atoms with Crippen LogP contribution in [0.25, 0.3) is 0 Å². The number of carbonyl (C=O) groups excluding carboxylic acids is 1. The van der Waals surface area contributed by atoms with Crippen molar-refractivity contribution in [2.75, 3.05) is 5.32 Å². The zero-order valence-corrected chi connectivity index (χ0v) is 12.0. The van der Waals surface area contributed by atoms with Gasteiger partial charge in [-0.15, -0.1) is 0 Å². The van der Waals surface area contributed by atoms with Crippen LogP contribution in [0.5, 0.6) is 0 Å². The van der Waals surface area contributed by atoms with Crippen molar-refractivity contribution in [3.05, 3.63) is 51.3 Å². The van der Waals surface area contributed by atoms with Crippen LogP contribution in [0.2, 0.25) is 5.02 Å². The van der Waals surface area contributed by atoms with Crippen LogP contribution in [0, 0.1) is 17.0 Å². The second-order valence-electron chi connectivity index (χ2n) is 4.43. The van der Waals surface area contributed by atoms with E-state index >= 15 is 0 Å². The number of aryl methyl sites for hydroxylation is 2. The molecule has 1 N–H and O–H groups in total. The van der Waals surface area contributed by atoms with Crippen LogP contribution in [-0.4, -0.2) is 20.6 Å². The fraction of sp³-hybridized carbons (Fsp3) is 0.231. The van der Waals surface area contributed by atoms with Gasteiger partial charge in [-0.2, -0.15) is 5.10 Å². The molecular formula is C13H13ClN4O3. The number of benzene rings is 1. The van der Waals surface area contributed by atoms with Crippen molar-refractivity contribution < 1.29 is 9.72 Å². The molecule has 0 saturated carbocycles. The number of nitro benzene ring substituents is 1. The predicted octanol–water partition coefficient (Wildman–Crippen LogP) is 2.78. The number of nitro groups is 1. The van der Waals surface area contributed by atoms with Gasteiger partial charge in [0, 0.05) is 37.0 Å². The van der Waals surface area contributed by atoms with Crippen LogP contribution < -0.4 is 5.32 Å². The first-order valence-electron chi connectivity index (χ1n) is 6.19. The largest absolute Gasteiger partial charge is 0.326 e. The Morgan fingerprint density at radius 2 is 2.10 bits per heavy atom. The Bertz CT molecular complexity index is 647. The molecule has 2 rings (SSSR count). The van der Waals surface area contributed by atoms with Gasteiger partial charge in [-0.25, -0.2) is 0 Å². The number of nitrogens with one attached hydrogen (secondary N) is 1. The van der Waals surface area contributed by atoms with Gasteiger partial charge in [0.05, 0.1) is 15.6 Å². The van der Waals surface area contributed by atoms with Gasteiger partial charge < -0.3 is 5.32 Å². The van der Waals surface area contributed by atoms with E-state index in [0.717, 1.165) is 0 Å². The maximum atomic E-state index is 11.8. The predicted molar refractivity (Wildman–Crippen MR) is 78.3 cm³/mol. The summed E-state index contributed by atoms with van der Waals surface area (Å²) in [5, 5.41) is 17.9. The van der Waals surface area contributed by atoms with E-state index in [9.17, 15) is 14.9 Å². The van der Waals surface area contributed by atoms with Gasteiger partial charge in [-0.05, 0) is 19.1 Å². The molecule has 0 bridgehead atoms. The second kappa shape index (κ2) is 6.36. The van der Waals surface area contributed by atoms with Gasteiger partial charge in [-0.1, -0.05) is 11.6 Å². The molecule has 0 aliphatic rings.